The SMILES string of the molecule is CON/C=C/c1cc(OC)c(OC)c(OCc2ccccc2)c1. The molecule has 0 aromatic heterocycles. The van der Waals surface area contributed by atoms with Crippen LogP contribution in [0.25, 0.3) is 6.08 Å². The summed E-state index contributed by atoms with van der Waals surface area (Å²) >= 11 is 0. The highest BCUT2D eigenvalue weighted by molar-refractivity contribution is 5.62. The number of methoxy groups -OCH3 is 2. The summed E-state index contributed by atoms with van der Waals surface area (Å²) in [6, 6.07) is 13.7. The minimum absolute atomic E-state index is 0.448. The summed E-state index contributed by atoms with van der Waals surface area (Å²) < 4.78 is 16.7. The summed E-state index contributed by atoms with van der Waals surface area (Å²) in [7, 11) is 4.74. The molecule has 0 aliphatic carbocycles. The zero-order valence-electron chi connectivity index (χ0n) is 13.5. The predicted molar refractivity (Wildman–Crippen MR) is 89.5 cm³/mol. The van der Waals surface area contributed by atoms with E-state index in [1.54, 1.807) is 27.5 Å². The smallest absolute Gasteiger partial charge is 0.203 e. The first kappa shape index (κ1) is 16.7. The van der Waals surface area contributed by atoms with Crippen molar-refractivity contribution < 1.29 is 19.0 Å². The van der Waals surface area contributed by atoms with E-state index in [0.29, 0.717) is 23.9 Å². The third-order valence-corrected chi connectivity index (χ3v) is 3.17. The monoisotopic (exact) mass is 315 g/mol. The molecule has 0 spiro atoms. The Kier molecular flexibility index (Phi) is 6.32. The summed E-state index contributed by atoms with van der Waals surface area (Å²) in [4.78, 5) is 4.78. The van der Waals surface area contributed by atoms with Crippen molar-refractivity contribution in [3.8, 4) is 17.2 Å². The van der Waals surface area contributed by atoms with Gasteiger partial charge in [0.25, 0.3) is 0 Å². The highest BCUT2D eigenvalue weighted by Gasteiger charge is 2.13. The molecule has 5 nitrogen and oxygen atoms in total. The van der Waals surface area contributed by atoms with Gasteiger partial charge in [-0.1, -0.05) is 30.3 Å². The molecule has 0 aliphatic heterocycles. The van der Waals surface area contributed by atoms with E-state index in [2.05, 4.69) is 5.48 Å². The average molecular weight is 315 g/mol. The maximum Gasteiger partial charge on any atom is 0.203 e. The molecule has 0 saturated carbocycles. The third-order valence-electron chi connectivity index (χ3n) is 3.17. The van der Waals surface area contributed by atoms with Crippen molar-refractivity contribution in [2.45, 2.75) is 6.61 Å². The Morgan fingerprint density at radius 3 is 2.35 bits per heavy atom. The van der Waals surface area contributed by atoms with Crippen molar-refractivity contribution in [3.05, 3.63) is 59.8 Å². The fraction of sp³-hybridized carbons (Fsp3) is 0.222. The molecule has 0 amide bonds. The molecule has 23 heavy (non-hydrogen) atoms. The Balaban J connectivity index is 2.25. The maximum absolute atomic E-state index is 5.91. The fourth-order valence-corrected chi connectivity index (χ4v) is 2.09. The van der Waals surface area contributed by atoms with Crippen LogP contribution in [0.1, 0.15) is 11.1 Å². The first-order valence-corrected chi connectivity index (χ1v) is 7.16. The molecule has 122 valence electrons. The van der Waals surface area contributed by atoms with Crippen LogP contribution in [0.4, 0.5) is 0 Å². The second-order valence-corrected chi connectivity index (χ2v) is 4.68. The molecule has 0 radical (unpaired) electrons. The van der Waals surface area contributed by atoms with Gasteiger partial charge < -0.3 is 14.2 Å². The molecule has 0 bridgehead atoms. The molecule has 0 fully saturated rings. The van der Waals surface area contributed by atoms with E-state index in [1.807, 2.05) is 48.5 Å². The standard InChI is InChI=1S/C18H21NO4/c1-20-16-11-15(9-10-19-22-3)12-17(18(16)21-2)23-13-14-7-5-4-6-8-14/h4-12,19H,13H2,1-3H3/b10-9+. The van der Waals surface area contributed by atoms with E-state index in [9.17, 15) is 0 Å². The summed E-state index contributed by atoms with van der Waals surface area (Å²) in [6.45, 7) is 0.448. The minimum Gasteiger partial charge on any atom is -0.493 e. The topological polar surface area (TPSA) is 49.0 Å². The molecule has 1 N–H and O–H groups in total. The lowest BCUT2D eigenvalue weighted by Gasteiger charge is -2.15. The maximum atomic E-state index is 5.91. The lowest BCUT2D eigenvalue weighted by molar-refractivity contribution is 0.129. The Labute approximate surface area is 136 Å². The van der Waals surface area contributed by atoms with Crippen molar-refractivity contribution in [2.75, 3.05) is 21.3 Å². The van der Waals surface area contributed by atoms with Crippen LogP contribution < -0.4 is 19.7 Å². The Hall–Kier alpha value is -2.66. The second kappa shape index (κ2) is 8.70. The summed E-state index contributed by atoms with van der Waals surface area (Å²) in [6.07, 6.45) is 3.53. The molecule has 2 rings (SSSR count). The normalized spacial score (nSPS) is 10.6. The molecule has 0 heterocycles. The Morgan fingerprint density at radius 1 is 0.957 bits per heavy atom. The first-order valence-electron chi connectivity index (χ1n) is 7.16. The van der Waals surface area contributed by atoms with Gasteiger partial charge in [0.15, 0.2) is 11.5 Å². The van der Waals surface area contributed by atoms with E-state index >= 15 is 0 Å². The van der Waals surface area contributed by atoms with Crippen LogP contribution in [-0.2, 0) is 11.4 Å². The van der Waals surface area contributed by atoms with Crippen LogP contribution in [0.2, 0.25) is 0 Å². The first-order chi connectivity index (χ1) is 11.3. The number of benzene rings is 2. The summed E-state index contributed by atoms with van der Waals surface area (Å²) in [5, 5.41) is 0. The van der Waals surface area contributed by atoms with Gasteiger partial charge in [-0.2, -0.15) is 0 Å². The molecule has 5 heteroatoms. The predicted octanol–water partition coefficient (Wildman–Crippen LogP) is 3.40. The quantitative estimate of drug-likeness (QED) is 0.757. The van der Waals surface area contributed by atoms with Gasteiger partial charge >= 0.3 is 0 Å². The van der Waals surface area contributed by atoms with Gasteiger partial charge in [0.2, 0.25) is 5.75 Å². The third kappa shape index (κ3) is 4.66. The number of hydroxylamine groups is 1. The largest absolute Gasteiger partial charge is 0.493 e. The molecule has 2 aromatic carbocycles. The van der Waals surface area contributed by atoms with Crippen molar-refractivity contribution in [2.24, 2.45) is 0 Å². The van der Waals surface area contributed by atoms with Gasteiger partial charge in [0.05, 0.1) is 21.3 Å². The van der Waals surface area contributed by atoms with Crippen molar-refractivity contribution in [1.29, 1.82) is 0 Å². The van der Waals surface area contributed by atoms with E-state index in [4.69, 9.17) is 19.0 Å². The van der Waals surface area contributed by atoms with E-state index in [1.165, 1.54) is 0 Å². The molecular formula is C18H21NO4. The number of rotatable bonds is 8. The number of nitrogens with one attached hydrogen (secondary N) is 1. The van der Waals surface area contributed by atoms with Gasteiger partial charge in [0, 0.05) is 6.20 Å². The van der Waals surface area contributed by atoms with Gasteiger partial charge in [-0.15, -0.1) is 0 Å². The molecule has 0 atom stereocenters. The van der Waals surface area contributed by atoms with Crippen LogP contribution in [-0.4, -0.2) is 21.3 Å². The van der Waals surface area contributed by atoms with E-state index in [0.717, 1.165) is 11.1 Å². The van der Waals surface area contributed by atoms with Crippen molar-refractivity contribution in [3.63, 3.8) is 0 Å². The lowest BCUT2D eigenvalue weighted by Crippen LogP contribution is -2.01. The Morgan fingerprint density at radius 2 is 1.70 bits per heavy atom. The number of ether oxygens (including phenoxy) is 3. The zero-order chi connectivity index (χ0) is 16.5. The van der Waals surface area contributed by atoms with Crippen molar-refractivity contribution >= 4 is 6.08 Å². The molecule has 2 aromatic rings. The van der Waals surface area contributed by atoms with E-state index in [-0.39, 0.29) is 0 Å². The second-order valence-electron chi connectivity index (χ2n) is 4.68. The highest BCUT2D eigenvalue weighted by Crippen LogP contribution is 2.39. The van der Waals surface area contributed by atoms with Crippen LogP contribution in [0.15, 0.2) is 48.7 Å². The average Bonchev–Trinajstić information content (AvgIpc) is 2.60. The van der Waals surface area contributed by atoms with Crippen LogP contribution in [0.3, 0.4) is 0 Å². The van der Waals surface area contributed by atoms with Gasteiger partial charge in [-0.05, 0) is 29.3 Å². The number of hydrogen-bond donors (Lipinski definition) is 1. The molecule has 0 saturated heterocycles. The highest BCUT2D eigenvalue weighted by atomic mass is 16.6. The fourth-order valence-electron chi connectivity index (χ4n) is 2.09. The van der Waals surface area contributed by atoms with Gasteiger partial charge in [0.1, 0.15) is 6.61 Å². The summed E-state index contributed by atoms with van der Waals surface area (Å²) in [5.41, 5.74) is 4.62. The molecule has 0 unspecified atom stereocenters. The van der Waals surface area contributed by atoms with Gasteiger partial charge in [-0.3, -0.25) is 10.3 Å². The zero-order valence-corrected chi connectivity index (χ0v) is 13.5. The lowest BCUT2D eigenvalue weighted by atomic mass is 10.1. The van der Waals surface area contributed by atoms with Gasteiger partial charge in [-0.25, -0.2) is 0 Å². The minimum atomic E-state index is 0.448. The molecular weight excluding hydrogens is 294 g/mol. The van der Waals surface area contributed by atoms with Crippen LogP contribution in [0, 0.1) is 0 Å². The van der Waals surface area contributed by atoms with Crippen molar-refractivity contribution in [1.82, 2.24) is 5.48 Å². The van der Waals surface area contributed by atoms with Crippen LogP contribution in [0.5, 0.6) is 17.2 Å². The van der Waals surface area contributed by atoms with E-state index < -0.39 is 0 Å². The summed E-state index contributed by atoms with van der Waals surface area (Å²) in [5.74, 6) is 1.79. The van der Waals surface area contributed by atoms with Crippen LogP contribution >= 0.6 is 0 Å². The number of hydrogen-bond acceptors (Lipinski definition) is 5. The Bertz CT molecular complexity index is 641. The molecule has 0 aliphatic rings.